The normalized spacial score (nSPS) is 10.5. The van der Waals surface area contributed by atoms with Gasteiger partial charge in [0.05, 0.1) is 17.7 Å². The molecular weight excluding hydrogens is 279 g/mol. The van der Waals surface area contributed by atoms with Gasteiger partial charge in [-0.1, -0.05) is 27.5 Å². The summed E-state index contributed by atoms with van der Waals surface area (Å²) in [6, 6.07) is 3.65. The molecule has 4 heteroatoms. The maximum absolute atomic E-state index is 6.06. The van der Waals surface area contributed by atoms with E-state index in [0.29, 0.717) is 23.1 Å². The van der Waals surface area contributed by atoms with Gasteiger partial charge < -0.3 is 9.47 Å². The van der Waals surface area contributed by atoms with Crippen LogP contribution in [-0.4, -0.2) is 12.7 Å². The second-order valence-corrected chi connectivity index (χ2v) is 4.64. The summed E-state index contributed by atoms with van der Waals surface area (Å²) in [5.41, 5.74) is 0. The molecule has 0 atom stereocenters. The lowest BCUT2D eigenvalue weighted by Crippen LogP contribution is -2.07. The summed E-state index contributed by atoms with van der Waals surface area (Å²) in [7, 11) is 0. The van der Waals surface area contributed by atoms with Gasteiger partial charge in [-0.25, -0.2) is 0 Å². The van der Waals surface area contributed by atoms with Crippen LogP contribution in [-0.2, 0) is 0 Å². The second-order valence-electron chi connectivity index (χ2n) is 3.31. The van der Waals surface area contributed by atoms with Crippen LogP contribution in [0.25, 0.3) is 0 Å². The number of halogens is 2. The third-order valence-electron chi connectivity index (χ3n) is 1.63. The molecule has 0 fully saturated rings. The minimum Gasteiger partial charge on any atom is -0.488 e. The number of hydrogen-bond acceptors (Lipinski definition) is 2. The first kappa shape index (κ1) is 12.7. The van der Waals surface area contributed by atoms with Gasteiger partial charge in [-0.3, -0.25) is 0 Å². The van der Waals surface area contributed by atoms with Crippen LogP contribution < -0.4 is 9.47 Å². The van der Waals surface area contributed by atoms with Crippen LogP contribution >= 0.6 is 27.5 Å². The van der Waals surface area contributed by atoms with Crippen molar-refractivity contribution in [2.75, 3.05) is 6.61 Å². The van der Waals surface area contributed by atoms with Crippen LogP contribution in [0, 0.1) is 0 Å². The molecule has 84 valence electrons. The summed E-state index contributed by atoms with van der Waals surface area (Å²) < 4.78 is 11.9. The molecule has 0 heterocycles. The van der Waals surface area contributed by atoms with Crippen molar-refractivity contribution in [2.24, 2.45) is 0 Å². The van der Waals surface area contributed by atoms with Gasteiger partial charge in [0, 0.05) is 4.47 Å². The van der Waals surface area contributed by atoms with E-state index in [0.717, 1.165) is 4.47 Å². The summed E-state index contributed by atoms with van der Waals surface area (Å²) in [5.74, 6) is 1.28. The SMILES string of the molecule is CCOc1c(Cl)cc(Br)cc1OC(C)C. The Morgan fingerprint density at radius 3 is 2.60 bits per heavy atom. The standard InChI is InChI=1S/C11H14BrClO2/c1-4-14-11-9(13)5-8(12)6-10(11)15-7(2)3/h5-7H,4H2,1-3H3. The van der Waals surface area contributed by atoms with Gasteiger partial charge in [-0.05, 0) is 32.9 Å². The average molecular weight is 294 g/mol. The van der Waals surface area contributed by atoms with E-state index in [1.54, 1.807) is 6.07 Å². The molecule has 0 unspecified atom stereocenters. The molecule has 0 aromatic heterocycles. The van der Waals surface area contributed by atoms with E-state index in [1.807, 2.05) is 26.8 Å². The Balaban J connectivity index is 3.08. The zero-order valence-electron chi connectivity index (χ0n) is 9.01. The van der Waals surface area contributed by atoms with Crippen molar-refractivity contribution in [3.05, 3.63) is 21.6 Å². The topological polar surface area (TPSA) is 18.5 Å². The second kappa shape index (κ2) is 5.61. The van der Waals surface area contributed by atoms with E-state index >= 15 is 0 Å². The number of rotatable bonds is 4. The van der Waals surface area contributed by atoms with E-state index in [4.69, 9.17) is 21.1 Å². The maximum Gasteiger partial charge on any atom is 0.179 e. The van der Waals surface area contributed by atoms with Gasteiger partial charge >= 0.3 is 0 Å². The third-order valence-corrected chi connectivity index (χ3v) is 2.36. The molecule has 0 radical (unpaired) electrons. The number of benzene rings is 1. The Kier molecular flexibility index (Phi) is 4.74. The molecular formula is C11H14BrClO2. The largest absolute Gasteiger partial charge is 0.488 e. The third kappa shape index (κ3) is 3.58. The monoisotopic (exact) mass is 292 g/mol. The van der Waals surface area contributed by atoms with Crippen LogP contribution in [0.5, 0.6) is 11.5 Å². The molecule has 0 aliphatic heterocycles. The Morgan fingerprint density at radius 2 is 2.07 bits per heavy atom. The van der Waals surface area contributed by atoms with Crippen molar-refractivity contribution in [2.45, 2.75) is 26.9 Å². The number of hydrogen-bond donors (Lipinski definition) is 0. The first-order valence-electron chi connectivity index (χ1n) is 4.83. The lowest BCUT2D eigenvalue weighted by atomic mass is 10.3. The van der Waals surface area contributed by atoms with Crippen LogP contribution in [0.3, 0.4) is 0 Å². The Bertz CT molecular complexity index is 340. The molecule has 2 nitrogen and oxygen atoms in total. The van der Waals surface area contributed by atoms with E-state index in [2.05, 4.69) is 15.9 Å². The van der Waals surface area contributed by atoms with Crippen molar-refractivity contribution in [3.63, 3.8) is 0 Å². The molecule has 0 spiro atoms. The van der Waals surface area contributed by atoms with Crippen molar-refractivity contribution in [1.29, 1.82) is 0 Å². The quantitative estimate of drug-likeness (QED) is 0.824. The molecule has 15 heavy (non-hydrogen) atoms. The first-order valence-corrected chi connectivity index (χ1v) is 6.00. The summed E-state index contributed by atoms with van der Waals surface area (Å²) in [6.07, 6.45) is 0.0922. The fraction of sp³-hybridized carbons (Fsp3) is 0.455. The van der Waals surface area contributed by atoms with Gasteiger partial charge in [0.1, 0.15) is 0 Å². The predicted octanol–water partition coefficient (Wildman–Crippen LogP) is 4.29. The van der Waals surface area contributed by atoms with Gasteiger partial charge in [0.2, 0.25) is 0 Å². The predicted molar refractivity (Wildman–Crippen MR) is 66.1 cm³/mol. The molecule has 0 amide bonds. The smallest absolute Gasteiger partial charge is 0.179 e. The molecule has 0 N–H and O–H groups in total. The van der Waals surface area contributed by atoms with Crippen LogP contribution in [0.15, 0.2) is 16.6 Å². The molecule has 0 bridgehead atoms. The fourth-order valence-electron chi connectivity index (χ4n) is 1.16. The van der Waals surface area contributed by atoms with Crippen LogP contribution in [0.4, 0.5) is 0 Å². The zero-order chi connectivity index (χ0) is 11.4. The van der Waals surface area contributed by atoms with Gasteiger partial charge in [-0.15, -0.1) is 0 Å². The molecule has 0 aliphatic carbocycles. The maximum atomic E-state index is 6.06. The van der Waals surface area contributed by atoms with Crippen molar-refractivity contribution >= 4 is 27.5 Å². The Labute approximate surface area is 104 Å². The highest BCUT2D eigenvalue weighted by molar-refractivity contribution is 9.10. The molecule has 0 aliphatic rings. The molecule has 1 aromatic carbocycles. The summed E-state index contributed by atoms with van der Waals surface area (Å²) in [4.78, 5) is 0. The van der Waals surface area contributed by atoms with Crippen LogP contribution in [0.1, 0.15) is 20.8 Å². The summed E-state index contributed by atoms with van der Waals surface area (Å²) in [5, 5.41) is 0.557. The van der Waals surface area contributed by atoms with Crippen molar-refractivity contribution in [3.8, 4) is 11.5 Å². The Morgan fingerprint density at radius 1 is 1.40 bits per heavy atom. The van der Waals surface area contributed by atoms with Gasteiger partial charge in [0.25, 0.3) is 0 Å². The lowest BCUT2D eigenvalue weighted by Gasteiger charge is -2.15. The highest BCUT2D eigenvalue weighted by Gasteiger charge is 2.12. The summed E-state index contributed by atoms with van der Waals surface area (Å²) >= 11 is 9.43. The Hall–Kier alpha value is -0.410. The van der Waals surface area contributed by atoms with E-state index in [9.17, 15) is 0 Å². The van der Waals surface area contributed by atoms with Crippen LogP contribution in [0.2, 0.25) is 5.02 Å². The molecule has 0 saturated carbocycles. The van der Waals surface area contributed by atoms with Gasteiger partial charge in [0.15, 0.2) is 11.5 Å². The fourth-order valence-corrected chi connectivity index (χ4v) is 2.00. The number of ether oxygens (including phenoxy) is 2. The van der Waals surface area contributed by atoms with E-state index in [-0.39, 0.29) is 6.10 Å². The molecule has 1 rings (SSSR count). The van der Waals surface area contributed by atoms with Crippen molar-refractivity contribution < 1.29 is 9.47 Å². The summed E-state index contributed by atoms with van der Waals surface area (Å²) in [6.45, 7) is 6.41. The highest BCUT2D eigenvalue weighted by atomic mass is 79.9. The lowest BCUT2D eigenvalue weighted by molar-refractivity contribution is 0.224. The zero-order valence-corrected chi connectivity index (χ0v) is 11.4. The van der Waals surface area contributed by atoms with E-state index in [1.165, 1.54) is 0 Å². The highest BCUT2D eigenvalue weighted by Crippen LogP contribution is 2.38. The minimum absolute atomic E-state index is 0.0922. The van der Waals surface area contributed by atoms with Gasteiger partial charge in [-0.2, -0.15) is 0 Å². The average Bonchev–Trinajstić information content (AvgIpc) is 2.10. The molecule has 1 aromatic rings. The first-order chi connectivity index (χ1) is 7.04. The van der Waals surface area contributed by atoms with E-state index < -0.39 is 0 Å². The minimum atomic E-state index is 0.0922. The molecule has 0 saturated heterocycles. The van der Waals surface area contributed by atoms with Crippen molar-refractivity contribution in [1.82, 2.24) is 0 Å².